The van der Waals surface area contributed by atoms with Crippen molar-refractivity contribution in [2.24, 2.45) is 5.41 Å². The summed E-state index contributed by atoms with van der Waals surface area (Å²) < 4.78 is 1.11. The first-order valence-corrected chi connectivity index (χ1v) is 9.56. The fourth-order valence-electron chi connectivity index (χ4n) is 4.29. The molecule has 0 amide bonds. The maximum absolute atomic E-state index is 4.53. The first-order valence-electron chi connectivity index (χ1n) is 8.77. The van der Waals surface area contributed by atoms with Crippen molar-refractivity contribution in [3.63, 3.8) is 0 Å². The topological polar surface area (TPSA) is 19.4 Å². The highest BCUT2D eigenvalue weighted by Crippen LogP contribution is 2.45. The van der Waals surface area contributed by atoms with Gasteiger partial charge in [0.1, 0.15) is 5.82 Å². The van der Waals surface area contributed by atoms with Crippen molar-refractivity contribution < 1.29 is 0 Å². The van der Waals surface area contributed by atoms with Crippen LogP contribution >= 0.6 is 15.9 Å². The minimum Gasteiger partial charge on any atom is -0.353 e. The molecule has 0 N–H and O–H groups in total. The molecule has 22 heavy (non-hydrogen) atoms. The van der Waals surface area contributed by atoms with Gasteiger partial charge >= 0.3 is 0 Å². The van der Waals surface area contributed by atoms with Gasteiger partial charge in [-0.1, -0.05) is 26.7 Å². The fraction of sp³-hybridized carbons (Fsp3) is 0.722. The molecule has 2 heterocycles. The smallest absolute Gasteiger partial charge is 0.142 e. The summed E-state index contributed by atoms with van der Waals surface area (Å²) in [6, 6.07) is 4.88. The SMILES string of the molecule is CCC1(CC)CCC(N2CCN(c3ncccc3Br)CC2)C1. The monoisotopic (exact) mass is 365 g/mol. The van der Waals surface area contributed by atoms with E-state index in [0.29, 0.717) is 5.41 Å². The fourth-order valence-corrected chi connectivity index (χ4v) is 4.80. The number of piperazine rings is 1. The van der Waals surface area contributed by atoms with Gasteiger partial charge in [0.05, 0.1) is 4.47 Å². The van der Waals surface area contributed by atoms with Gasteiger partial charge in [-0.25, -0.2) is 4.98 Å². The van der Waals surface area contributed by atoms with Crippen molar-refractivity contribution in [3.8, 4) is 0 Å². The lowest BCUT2D eigenvalue weighted by Crippen LogP contribution is -2.50. The summed E-state index contributed by atoms with van der Waals surface area (Å²) >= 11 is 3.63. The quantitative estimate of drug-likeness (QED) is 0.791. The van der Waals surface area contributed by atoms with Crippen molar-refractivity contribution in [2.45, 2.75) is 52.0 Å². The van der Waals surface area contributed by atoms with E-state index in [2.05, 4.69) is 50.6 Å². The lowest BCUT2D eigenvalue weighted by molar-refractivity contribution is 0.165. The predicted molar refractivity (Wildman–Crippen MR) is 96.4 cm³/mol. The molecule has 1 aliphatic heterocycles. The first-order chi connectivity index (χ1) is 10.7. The second-order valence-corrected chi connectivity index (χ2v) is 7.79. The van der Waals surface area contributed by atoms with Crippen molar-refractivity contribution in [3.05, 3.63) is 22.8 Å². The van der Waals surface area contributed by atoms with Crippen LogP contribution in [0.3, 0.4) is 0 Å². The van der Waals surface area contributed by atoms with E-state index in [1.807, 2.05) is 12.3 Å². The Morgan fingerprint density at radius 1 is 1.23 bits per heavy atom. The highest BCUT2D eigenvalue weighted by Gasteiger charge is 2.39. The van der Waals surface area contributed by atoms with Gasteiger partial charge in [0.2, 0.25) is 0 Å². The Bertz CT molecular complexity index is 493. The van der Waals surface area contributed by atoms with Crippen LogP contribution in [0.2, 0.25) is 0 Å². The van der Waals surface area contributed by atoms with Crippen LogP contribution in [0.4, 0.5) is 5.82 Å². The molecule has 4 heteroatoms. The Hall–Kier alpha value is -0.610. The molecule has 3 rings (SSSR count). The zero-order valence-corrected chi connectivity index (χ0v) is 15.5. The number of rotatable bonds is 4. The Labute approximate surface area is 143 Å². The van der Waals surface area contributed by atoms with Gasteiger partial charge in [0.15, 0.2) is 0 Å². The first kappa shape index (κ1) is 16.3. The maximum Gasteiger partial charge on any atom is 0.142 e. The normalized spacial score (nSPS) is 25.6. The van der Waals surface area contributed by atoms with Gasteiger partial charge in [-0.05, 0) is 52.7 Å². The Kier molecular flexibility index (Phi) is 5.08. The molecular formula is C18H28BrN3. The number of pyridine rings is 1. The van der Waals surface area contributed by atoms with Crippen LogP contribution in [0.1, 0.15) is 46.0 Å². The van der Waals surface area contributed by atoms with Crippen LogP contribution in [-0.4, -0.2) is 42.1 Å². The van der Waals surface area contributed by atoms with Gasteiger partial charge in [-0.15, -0.1) is 0 Å². The second-order valence-electron chi connectivity index (χ2n) is 6.94. The molecule has 1 aromatic rings. The molecule has 1 atom stereocenters. The summed E-state index contributed by atoms with van der Waals surface area (Å²) in [5.74, 6) is 1.10. The standard InChI is InChI=1S/C18H28BrN3/c1-3-18(4-2)8-7-15(14-18)21-10-12-22(13-11-21)17-16(19)6-5-9-20-17/h5-6,9,15H,3-4,7-8,10-14H2,1-2H3. The van der Waals surface area contributed by atoms with Gasteiger partial charge in [-0.3, -0.25) is 4.90 Å². The number of anilines is 1. The molecule has 122 valence electrons. The van der Waals surface area contributed by atoms with E-state index in [9.17, 15) is 0 Å². The summed E-state index contributed by atoms with van der Waals surface area (Å²) in [7, 11) is 0. The largest absolute Gasteiger partial charge is 0.353 e. The van der Waals surface area contributed by atoms with Gasteiger partial charge in [0, 0.05) is 38.4 Å². The molecule has 0 aromatic carbocycles. The molecule has 1 aliphatic carbocycles. The highest BCUT2D eigenvalue weighted by molar-refractivity contribution is 9.10. The van der Waals surface area contributed by atoms with Crippen LogP contribution in [-0.2, 0) is 0 Å². The zero-order valence-electron chi connectivity index (χ0n) is 13.9. The molecule has 1 saturated carbocycles. The number of hydrogen-bond donors (Lipinski definition) is 0. The summed E-state index contributed by atoms with van der Waals surface area (Å²) in [6.45, 7) is 9.30. The second kappa shape index (κ2) is 6.88. The van der Waals surface area contributed by atoms with Gasteiger partial charge in [0.25, 0.3) is 0 Å². The highest BCUT2D eigenvalue weighted by atomic mass is 79.9. The van der Waals surface area contributed by atoms with E-state index in [1.54, 1.807) is 0 Å². The molecule has 3 nitrogen and oxygen atoms in total. The Morgan fingerprint density at radius 3 is 2.55 bits per heavy atom. The van der Waals surface area contributed by atoms with Crippen molar-refractivity contribution >= 4 is 21.7 Å². The molecule has 0 radical (unpaired) electrons. The number of aromatic nitrogens is 1. The van der Waals surface area contributed by atoms with Crippen LogP contribution in [0.5, 0.6) is 0 Å². The molecule has 1 aromatic heterocycles. The van der Waals surface area contributed by atoms with E-state index < -0.39 is 0 Å². The van der Waals surface area contributed by atoms with E-state index in [-0.39, 0.29) is 0 Å². The average Bonchev–Trinajstić information content (AvgIpc) is 3.01. The Balaban J connectivity index is 1.58. The zero-order chi connectivity index (χ0) is 15.6. The van der Waals surface area contributed by atoms with Crippen LogP contribution in [0.25, 0.3) is 0 Å². The Morgan fingerprint density at radius 2 is 1.95 bits per heavy atom. The van der Waals surface area contributed by atoms with Crippen LogP contribution in [0.15, 0.2) is 22.8 Å². The van der Waals surface area contributed by atoms with E-state index in [4.69, 9.17) is 0 Å². The van der Waals surface area contributed by atoms with Crippen LogP contribution in [0, 0.1) is 5.41 Å². The molecule has 2 aliphatic rings. The van der Waals surface area contributed by atoms with Crippen molar-refractivity contribution in [2.75, 3.05) is 31.1 Å². The average molecular weight is 366 g/mol. The lowest BCUT2D eigenvalue weighted by atomic mass is 9.80. The minimum atomic E-state index is 0.631. The molecule has 1 saturated heterocycles. The third kappa shape index (κ3) is 3.18. The summed E-state index contributed by atoms with van der Waals surface area (Å²) in [5, 5.41) is 0. The maximum atomic E-state index is 4.53. The third-order valence-electron chi connectivity index (χ3n) is 6.05. The molecule has 1 unspecified atom stereocenters. The van der Waals surface area contributed by atoms with E-state index in [0.717, 1.165) is 29.4 Å². The summed E-state index contributed by atoms with van der Waals surface area (Å²) in [4.78, 5) is 9.69. The van der Waals surface area contributed by atoms with Gasteiger partial charge < -0.3 is 4.90 Å². The minimum absolute atomic E-state index is 0.631. The number of nitrogens with zero attached hydrogens (tertiary/aromatic N) is 3. The summed E-state index contributed by atoms with van der Waals surface area (Å²) in [6.07, 6.45) is 8.82. The van der Waals surface area contributed by atoms with Crippen LogP contribution < -0.4 is 4.90 Å². The summed E-state index contributed by atoms with van der Waals surface area (Å²) in [5.41, 5.74) is 0.631. The third-order valence-corrected chi connectivity index (χ3v) is 6.66. The number of halogens is 1. The van der Waals surface area contributed by atoms with Crippen molar-refractivity contribution in [1.82, 2.24) is 9.88 Å². The molecule has 2 fully saturated rings. The van der Waals surface area contributed by atoms with Gasteiger partial charge in [-0.2, -0.15) is 0 Å². The lowest BCUT2D eigenvalue weighted by Gasteiger charge is -2.39. The predicted octanol–water partition coefficient (Wildman–Crippen LogP) is 4.33. The molecular weight excluding hydrogens is 338 g/mol. The molecule has 0 bridgehead atoms. The molecule has 0 spiro atoms. The van der Waals surface area contributed by atoms with E-state index in [1.165, 1.54) is 45.2 Å². The number of hydrogen-bond acceptors (Lipinski definition) is 3. The van der Waals surface area contributed by atoms with Crippen molar-refractivity contribution in [1.29, 1.82) is 0 Å². The van der Waals surface area contributed by atoms with E-state index >= 15 is 0 Å².